The van der Waals surface area contributed by atoms with Crippen LogP contribution in [0, 0.1) is 5.92 Å². The first-order chi connectivity index (χ1) is 15.2. The number of hydrogen-bond donors (Lipinski definition) is 0. The van der Waals surface area contributed by atoms with Crippen molar-refractivity contribution in [2.24, 2.45) is 5.92 Å². The second-order valence-corrected chi connectivity index (χ2v) is 12.0. The standard InChI is InChI=1S/C25H45O5P/c26-31(28-23-12-6-2-7-13-23,29-24-14-8-3-9-15-24)30-25-18-16-22(17-19-25)27-20-21-10-4-1-5-11-21/h21-25H,1-20H2. The van der Waals surface area contributed by atoms with E-state index < -0.39 is 7.82 Å². The summed E-state index contributed by atoms with van der Waals surface area (Å²) >= 11 is 0. The lowest BCUT2D eigenvalue weighted by atomic mass is 9.89. The van der Waals surface area contributed by atoms with Crippen molar-refractivity contribution in [1.29, 1.82) is 0 Å². The van der Waals surface area contributed by atoms with Crippen LogP contribution in [0.5, 0.6) is 0 Å². The van der Waals surface area contributed by atoms with Gasteiger partial charge in [-0.25, -0.2) is 4.57 Å². The van der Waals surface area contributed by atoms with Crippen molar-refractivity contribution in [3.8, 4) is 0 Å². The van der Waals surface area contributed by atoms with E-state index in [1.165, 1.54) is 44.9 Å². The molecule has 0 aliphatic heterocycles. The Hall–Kier alpha value is 0.0700. The molecule has 0 atom stereocenters. The van der Waals surface area contributed by atoms with Crippen molar-refractivity contribution in [2.45, 2.75) is 146 Å². The van der Waals surface area contributed by atoms with Crippen molar-refractivity contribution < 1.29 is 22.9 Å². The summed E-state index contributed by atoms with van der Waals surface area (Å²) in [5.41, 5.74) is 0. The Kier molecular flexibility index (Phi) is 9.77. The Bertz CT molecular complexity index is 520. The van der Waals surface area contributed by atoms with Crippen LogP contribution < -0.4 is 0 Å². The average Bonchev–Trinajstić information content (AvgIpc) is 2.80. The van der Waals surface area contributed by atoms with Crippen molar-refractivity contribution in [2.75, 3.05) is 6.61 Å². The number of ether oxygens (including phenoxy) is 1. The molecule has 0 bridgehead atoms. The molecule has 5 nitrogen and oxygen atoms in total. The third-order valence-corrected chi connectivity index (χ3v) is 9.52. The molecule has 0 heterocycles. The normalized spacial score (nSPS) is 30.5. The number of rotatable bonds is 9. The van der Waals surface area contributed by atoms with Gasteiger partial charge in [0.1, 0.15) is 0 Å². The number of phosphoric ester groups is 1. The van der Waals surface area contributed by atoms with Gasteiger partial charge >= 0.3 is 7.82 Å². The van der Waals surface area contributed by atoms with Gasteiger partial charge in [-0.3, -0.25) is 13.6 Å². The van der Waals surface area contributed by atoms with Crippen molar-refractivity contribution in [1.82, 2.24) is 0 Å². The zero-order valence-corrected chi connectivity index (χ0v) is 20.4. The minimum Gasteiger partial charge on any atom is -0.378 e. The van der Waals surface area contributed by atoms with E-state index in [0.717, 1.165) is 89.6 Å². The molecular formula is C25H45O5P. The first-order valence-electron chi connectivity index (χ1n) is 13.5. The molecule has 180 valence electrons. The van der Waals surface area contributed by atoms with Crippen molar-refractivity contribution in [3.63, 3.8) is 0 Å². The zero-order valence-electron chi connectivity index (χ0n) is 19.5. The molecule has 0 saturated heterocycles. The van der Waals surface area contributed by atoms with Crippen molar-refractivity contribution >= 4 is 7.82 Å². The van der Waals surface area contributed by atoms with Gasteiger partial charge in [0.15, 0.2) is 0 Å². The Morgan fingerprint density at radius 1 is 0.484 bits per heavy atom. The monoisotopic (exact) mass is 456 g/mol. The molecule has 0 aromatic carbocycles. The van der Waals surface area contributed by atoms with Crippen LogP contribution in [0.1, 0.15) is 122 Å². The van der Waals surface area contributed by atoms with Gasteiger partial charge in [0.2, 0.25) is 0 Å². The van der Waals surface area contributed by atoms with Gasteiger partial charge in [-0.2, -0.15) is 0 Å². The largest absolute Gasteiger partial charge is 0.475 e. The van der Waals surface area contributed by atoms with Gasteiger partial charge in [0.25, 0.3) is 0 Å². The van der Waals surface area contributed by atoms with Gasteiger partial charge in [-0.15, -0.1) is 0 Å². The van der Waals surface area contributed by atoms with Crippen LogP contribution in [0.4, 0.5) is 0 Å². The van der Waals surface area contributed by atoms with E-state index in [4.69, 9.17) is 18.3 Å². The highest BCUT2D eigenvalue weighted by Crippen LogP contribution is 2.56. The molecule has 31 heavy (non-hydrogen) atoms. The first kappa shape index (κ1) is 24.2. The molecular weight excluding hydrogens is 411 g/mol. The van der Waals surface area contributed by atoms with E-state index in [-0.39, 0.29) is 18.3 Å². The summed E-state index contributed by atoms with van der Waals surface area (Å²) in [6.45, 7) is 0.921. The molecule has 4 rings (SSSR count). The second-order valence-electron chi connectivity index (χ2n) is 10.5. The predicted octanol–water partition coefficient (Wildman–Crippen LogP) is 7.72. The highest BCUT2D eigenvalue weighted by Gasteiger charge is 2.38. The number of phosphoric acid groups is 1. The van der Waals surface area contributed by atoms with Gasteiger partial charge < -0.3 is 4.74 Å². The van der Waals surface area contributed by atoms with Crippen LogP contribution >= 0.6 is 7.82 Å². The minimum atomic E-state index is -3.52. The maximum atomic E-state index is 13.7. The van der Waals surface area contributed by atoms with E-state index >= 15 is 0 Å². The maximum absolute atomic E-state index is 13.7. The molecule has 0 amide bonds. The van der Waals surface area contributed by atoms with Crippen molar-refractivity contribution in [3.05, 3.63) is 0 Å². The fraction of sp³-hybridized carbons (Fsp3) is 1.00. The Morgan fingerprint density at radius 2 is 0.871 bits per heavy atom. The molecule has 4 fully saturated rings. The summed E-state index contributed by atoms with van der Waals surface area (Å²) < 4.78 is 38.4. The molecule has 0 unspecified atom stereocenters. The lowest BCUT2D eigenvalue weighted by Gasteiger charge is -2.35. The lowest BCUT2D eigenvalue weighted by molar-refractivity contribution is -0.0343. The first-order valence-corrected chi connectivity index (χ1v) is 14.9. The Labute approximate surface area is 189 Å². The third kappa shape index (κ3) is 8.10. The van der Waals surface area contributed by atoms with E-state index in [9.17, 15) is 4.57 Å². The third-order valence-electron chi connectivity index (χ3n) is 7.85. The summed E-state index contributed by atoms with van der Waals surface area (Å²) in [6, 6.07) is 0. The summed E-state index contributed by atoms with van der Waals surface area (Å²) in [6.07, 6.45) is 21.9. The molecule has 0 spiro atoms. The fourth-order valence-corrected chi connectivity index (χ4v) is 7.77. The van der Waals surface area contributed by atoms with E-state index in [2.05, 4.69) is 0 Å². The predicted molar refractivity (Wildman–Crippen MR) is 123 cm³/mol. The topological polar surface area (TPSA) is 54.0 Å². The molecule has 4 aliphatic rings. The van der Waals surface area contributed by atoms with Crippen LogP contribution in [-0.2, 0) is 22.9 Å². The highest BCUT2D eigenvalue weighted by atomic mass is 31.2. The summed E-state index contributed by atoms with van der Waals surface area (Å²) in [5, 5.41) is 0. The molecule has 4 saturated carbocycles. The summed E-state index contributed by atoms with van der Waals surface area (Å²) in [7, 11) is -3.52. The Balaban J connectivity index is 1.25. The van der Waals surface area contributed by atoms with Gasteiger partial charge in [-0.1, -0.05) is 57.8 Å². The van der Waals surface area contributed by atoms with Crippen LogP contribution in [0.3, 0.4) is 0 Å². The second kappa shape index (κ2) is 12.5. The summed E-state index contributed by atoms with van der Waals surface area (Å²) in [4.78, 5) is 0. The fourth-order valence-electron chi connectivity index (χ4n) is 5.89. The highest BCUT2D eigenvalue weighted by molar-refractivity contribution is 7.48. The maximum Gasteiger partial charge on any atom is 0.475 e. The van der Waals surface area contributed by atoms with Gasteiger partial charge in [-0.05, 0) is 70.1 Å². The lowest BCUT2D eigenvalue weighted by Crippen LogP contribution is -2.29. The number of hydrogen-bond acceptors (Lipinski definition) is 5. The van der Waals surface area contributed by atoms with Crippen LogP contribution in [0.2, 0.25) is 0 Å². The zero-order chi connectivity index (χ0) is 21.4. The van der Waals surface area contributed by atoms with E-state index in [0.29, 0.717) is 6.10 Å². The summed E-state index contributed by atoms with van der Waals surface area (Å²) in [5.74, 6) is 0.760. The average molecular weight is 457 g/mol. The molecule has 6 heteroatoms. The van der Waals surface area contributed by atoms with Crippen LogP contribution in [0.15, 0.2) is 0 Å². The molecule has 0 N–H and O–H groups in total. The molecule has 0 aromatic heterocycles. The van der Waals surface area contributed by atoms with E-state index in [1.54, 1.807) is 0 Å². The van der Waals surface area contributed by atoms with Gasteiger partial charge in [0.05, 0.1) is 24.4 Å². The molecule has 0 radical (unpaired) electrons. The van der Waals surface area contributed by atoms with Crippen LogP contribution in [-0.4, -0.2) is 31.0 Å². The smallest absolute Gasteiger partial charge is 0.378 e. The minimum absolute atomic E-state index is 0.0262. The quantitative estimate of drug-likeness (QED) is 0.332. The Morgan fingerprint density at radius 3 is 1.35 bits per heavy atom. The van der Waals surface area contributed by atoms with E-state index in [1.807, 2.05) is 0 Å². The molecule has 4 aliphatic carbocycles. The SMILES string of the molecule is O=P(OC1CCCCC1)(OC1CCCCC1)OC1CCC(OCC2CCCCC2)CC1. The molecule has 0 aromatic rings. The van der Waals surface area contributed by atoms with Gasteiger partial charge in [0, 0.05) is 6.61 Å². The van der Waals surface area contributed by atoms with Crippen LogP contribution in [0.25, 0.3) is 0 Å².